The Morgan fingerprint density at radius 2 is 0.611 bits per heavy atom. The van der Waals surface area contributed by atoms with Gasteiger partial charge in [0, 0.05) is 32.9 Å². The Kier molecular flexibility index (Phi) is 4.74. The second-order valence-corrected chi connectivity index (χ2v) is 8.87. The van der Waals surface area contributed by atoms with Crippen LogP contribution in [0.15, 0.2) is 121 Å². The first-order valence-electron chi connectivity index (χ1n) is 12.0. The van der Waals surface area contributed by atoms with E-state index in [2.05, 4.69) is 108 Å². The van der Waals surface area contributed by atoms with Gasteiger partial charge >= 0.3 is 0 Å². The first-order chi connectivity index (χ1) is 17.8. The Morgan fingerprint density at radius 3 is 0.917 bits per heavy atom. The van der Waals surface area contributed by atoms with E-state index in [1.165, 1.54) is 0 Å². The third-order valence-electron chi connectivity index (χ3n) is 6.60. The molecule has 2 N–H and O–H groups in total. The average molecular weight is 463 g/mol. The lowest BCUT2D eigenvalue weighted by Crippen LogP contribution is -1.97. The maximum Gasteiger partial charge on any atom is 0.0730 e. The van der Waals surface area contributed by atoms with E-state index in [-0.39, 0.29) is 0 Å². The van der Waals surface area contributed by atoms with Crippen molar-refractivity contribution in [3.05, 3.63) is 121 Å². The third-order valence-corrected chi connectivity index (χ3v) is 6.60. The maximum atomic E-state index is 4.84. The second kappa shape index (κ2) is 8.36. The minimum absolute atomic E-state index is 0.980. The van der Waals surface area contributed by atoms with Gasteiger partial charge in [-0.1, -0.05) is 72.8 Å². The van der Waals surface area contributed by atoms with Crippen molar-refractivity contribution in [1.29, 1.82) is 0 Å². The SMILES string of the molecule is c1ccc2c(Nc3ccc(Nc4c5ccccc5nc5ccccc45)cc3)c3ccccc3nc2c1. The summed E-state index contributed by atoms with van der Waals surface area (Å²) in [6.45, 7) is 0. The van der Waals surface area contributed by atoms with Crippen LogP contribution in [0, 0.1) is 0 Å². The lowest BCUT2D eigenvalue weighted by atomic mass is 10.1. The number of benzene rings is 5. The van der Waals surface area contributed by atoms with E-state index in [9.17, 15) is 0 Å². The highest BCUT2D eigenvalue weighted by molar-refractivity contribution is 6.10. The molecular formula is C32H22N4. The Labute approximate surface area is 208 Å². The summed E-state index contributed by atoms with van der Waals surface area (Å²) >= 11 is 0. The number of hydrogen-bond acceptors (Lipinski definition) is 4. The summed E-state index contributed by atoms with van der Waals surface area (Å²) in [5.74, 6) is 0. The molecule has 36 heavy (non-hydrogen) atoms. The molecule has 0 amide bonds. The van der Waals surface area contributed by atoms with Gasteiger partial charge in [-0.2, -0.15) is 0 Å². The van der Waals surface area contributed by atoms with Crippen LogP contribution >= 0.6 is 0 Å². The largest absolute Gasteiger partial charge is 0.354 e. The maximum absolute atomic E-state index is 4.84. The zero-order valence-electron chi connectivity index (χ0n) is 19.4. The number of fused-ring (bicyclic) bond motifs is 4. The lowest BCUT2D eigenvalue weighted by molar-refractivity contribution is 1.48. The number of rotatable bonds is 4. The Balaban J connectivity index is 1.27. The third kappa shape index (κ3) is 3.48. The number of pyridine rings is 2. The van der Waals surface area contributed by atoms with Gasteiger partial charge in [0.25, 0.3) is 0 Å². The molecule has 2 aromatic heterocycles. The van der Waals surface area contributed by atoms with Crippen LogP contribution in [0.1, 0.15) is 0 Å². The van der Waals surface area contributed by atoms with Gasteiger partial charge in [0.05, 0.1) is 33.4 Å². The molecule has 170 valence electrons. The van der Waals surface area contributed by atoms with E-state index in [1.807, 2.05) is 24.3 Å². The van der Waals surface area contributed by atoms with Crippen molar-refractivity contribution < 1.29 is 0 Å². The number of aromatic nitrogens is 2. The summed E-state index contributed by atoms with van der Waals surface area (Å²) < 4.78 is 0. The molecular weight excluding hydrogens is 440 g/mol. The van der Waals surface area contributed by atoms with Crippen molar-refractivity contribution in [2.45, 2.75) is 0 Å². The van der Waals surface area contributed by atoms with Crippen molar-refractivity contribution >= 4 is 66.4 Å². The van der Waals surface area contributed by atoms with Gasteiger partial charge in [0.1, 0.15) is 0 Å². The van der Waals surface area contributed by atoms with Crippen molar-refractivity contribution in [2.75, 3.05) is 10.6 Å². The Bertz CT molecular complexity index is 1640. The molecule has 0 fully saturated rings. The van der Waals surface area contributed by atoms with Gasteiger partial charge < -0.3 is 10.6 Å². The van der Waals surface area contributed by atoms with Crippen LogP contribution in [0.3, 0.4) is 0 Å². The van der Waals surface area contributed by atoms with Crippen molar-refractivity contribution in [2.24, 2.45) is 0 Å². The van der Waals surface area contributed by atoms with E-state index in [1.54, 1.807) is 0 Å². The minimum atomic E-state index is 0.980. The normalized spacial score (nSPS) is 11.3. The highest BCUT2D eigenvalue weighted by Gasteiger charge is 2.11. The van der Waals surface area contributed by atoms with Gasteiger partial charge in [-0.3, -0.25) is 0 Å². The molecule has 0 unspecified atom stereocenters. The molecule has 0 aliphatic carbocycles. The molecule has 0 atom stereocenters. The van der Waals surface area contributed by atoms with E-state index in [4.69, 9.17) is 9.97 Å². The lowest BCUT2D eigenvalue weighted by Gasteiger charge is -2.15. The van der Waals surface area contributed by atoms with Crippen molar-refractivity contribution in [1.82, 2.24) is 9.97 Å². The minimum Gasteiger partial charge on any atom is -0.354 e. The van der Waals surface area contributed by atoms with Crippen molar-refractivity contribution in [3.8, 4) is 0 Å². The van der Waals surface area contributed by atoms with Crippen LogP contribution in [-0.4, -0.2) is 9.97 Å². The number of nitrogens with zero attached hydrogens (tertiary/aromatic N) is 2. The predicted molar refractivity (Wildman–Crippen MR) is 152 cm³/mol. The number of hydrogen-bond donors (Lipinski definition) is 2. The van der Waals surface area contributed by atoms with E-state index in [0.717, 1.165) is 66.4 Å². The van der Waals surface area contributed by atoms with Crippen LogP contribution < -0.4 is 10.6 Å². The molecule has 0 spiro atoms. The molecule has 0 aliphatic rings. The van der Waals surface area contributed by atoms with Gasteiger partial charge in [-0.25, -0.2) is 9.97 Å². The molecule has 7 rings (SSSR count). The van der Waals surface area contributed by atoms with E-state index < -0.39 is 0 Å². The molecule has 0 radical (unpaired) electrons. The molecule has 5 aromatic carbocycles. The number of para-hydroxylation sites is 4. The van der Waals surface area contributed by atoms with Gasteiger partial charge in [-0.15, -0.1) is 0 Å². The van der Waals surface area contributed by atoms with Gasteiger partial charge in [0.15, 0.2) is 0 Å². The van der Waals surface area contributed by atoms with Crippen LogP contribution in [0.25, 0.3) is 43.6 Å². The first-order valence-corrected chi connectivity index (χ1v) is 12.0. The van der Waals surface area contributed by atoms with Gasteiger partial charge in [0.2, 0.25) is 0 Å². The summed E-state index contributed by atoms with van der Waals surface area (Å²) in [5.41, 5.74) is 8.10. The van der Waals surface area contributed by atoms with E-state index >= 15 is 0 Å². The fourth-order valence-electron chi connectivity index (χ4n) is 4.87. The quantitative estimate of drug-likeness (QED) is 0.257. The highest BCUT2D eigenvalue weighted by Crippen LogP contribution is 2.35. The molecule has 0 bridgehead atoms. The summed E-state index contributed by atoms with van der Waals surface area (Å²) in [4.78, 5) is 9.67. The van der Waals surface area contributed by atoms with Crippen molar-refractivity contribution in [3.63, 3.8) is 0 Å². The fourth-order valence-corrected chi connectivity index (χ4v) is 4.87. The fraction of sp³-hybridized carbons (Fsp3) is 0. The summed E-state index contributed by atoms with van der Waals surface area (Å²) in [7, 11) is 0. The zero-order chi connectivity index (χ0) is 23.9. The standard InChI is InChI=1S/C32H22N4/c1-5-13-27-23(9-1)31(24-10-2-6-14-28(24)35-27)33-21-17-19-22(20-18-21)34-32-25-11-3-7-15-29(25)36-30-16-8-4-12-26(30)32/h1-20H,(H,33,35)(H,34,36). The second-order valence-electron chi connectivity index (χ2n) is 8.87. The Morgan fingerprint density at radius 1 is 0.333 bits per heavy atom. The smallest absolute Gasteiger partial charge is 0.0730 e. The summed E-state index contributed by atoms with van der Waals surface area (Å²) in [5, 5.41) is 11.7. The molecule has 4 nitrogen and oxygen atoms in total. The van der Waals surface area contributed by atoms with Crippen LogP contribution in [0.4, 0.5) is 22.7 Å². The molecule has 0 saturated carbocycles. The molecule has 0 aliphatic heterocycles. The first kappa shape index (κ1) is 20.4. The summed E-state index contributed by atoms with van der Waals surface area (Å²) in [6, 6.07) is 41.5. The number of anilines is 4. The molecule has 7 aromatic rings. The van der Waals surface area contributed by atoms with Crippen LogP contribution in [-0.2, 0) is 0 Å². The molecule has 2 heterocycles. The highest BCUT2D eigenvalue weighted by atomic mass is 14.9. The summed E-state index contributed by atoms with van der Waals surface area (Å²) in [6.07, 6.45) is 0. The topological polar surface area (TPSA) is 49.8 Å². The predicted octanol–water partition coefficient (Wildman–Crippen LogP) is 8.58. The van der Waals surface area contributed by atoms with Gasteiger partial charge in [-0.05, 0) is 48.5 Å². The molecule has 4 heteroatoms. The van der Waals surface area contributed by atoms with E-state index in [0.29, 0.717) is 0 Å². The number of nitrogens with one attached hydrogen (secondary N) is 2. The monoisotopic (exact) mass is 462 g/mol. The zero-order valence-corrected chi connectivity index (χ0v) is 19.4. The Hall–Kier alpha value is -4.96. The van der Waals surface area contributed by atoms with Crippen LogP contribution in [0.5, 0.6) is 0 Å². The van der Waals surface area contributed by atoms with Crippen LogP contribution in [0.2, 0.25) is 0 Å². The average Bonchev–Trinajstić information content (AvgIpc) is 2.94. The molecule has 0 saturated heterocycles.